The Kier molecular flexibility index (Phi) is 9.40. The molecule has 1 nitrogen and oxygen atoms in total. The van der Waals surface area contributed by atoms with E-state index in [4.69, 9.17) is 0 Å². The van der Waals surface area contributed by atoms with Crippen molar-refractivity contribution in [3.05, 3.63) is 12.2 Å². The van der Waals surface area contributed by atoms with Gasteiger partial charge in [-0.2, -0.15) is 0 Å². The smallest absolute Gasteiger partial charge is 0.0540 e. The first kappa shape index (κ1) is 14.8. The molecule has 1 atom stereocenters. The summed E-state index contributed by atoms with van der Waals surface area (Å²) in [5.74, 6) is 0. The van der Waals surface area contributed by atoms with Crippen molar-refractivity contribution < 1.29 is 5.11 Å². The normalized spacial score (nSPS) is 26.8. The molecule has 0 heterocycles. The van der Waals surface area contributed by atoms with Gasteiger partial charge in [-0.05, 0) is 38.5 Å². The van der Waals surface area contributed by atoms with Crippen molar-refractivity contribution >= 4 is 0 Å². The fourth-order valence-corrected chi connectivity index (χ4v) is 2.55. The van der Waals surface area contributed by atoms with Gasteiger partial charge in [0.05, 0.1) is 6.10 Å². The summed E-state index contributed by atoms with van der Waals surface area (Å²) in [7, 11) is 0. The summed E-state index contributed by atoms with van der Waals surface area (Å²) in [6, 6.07) is 0. The number of allylic oxidation sites excluding steroid dienone is 2. The zero-order valence-electron chi connectivity index (χ0n) is 11.4. The lowest BCUT2D eigenvalue weighted by Gasteiger charge is -2.09. The van der Waals surface area contributed by atoms with Gasteiger partial charge in [0.25, 0.3) is 0 Å². The van der Waals surface area contributed by atoms with Crippen molar-refractivity contribution in [2.75, 3.05) is 0 Å². The Morgan fingerprint density at radius 2 is 1.06 bits per heavy atom. The molecule has 0 radical (unpaired) electrons. The van der Waals surface area contributed by atoms with E-state index in [2.05, 4.69) is 12.2 Å². The molecule has 1 aliphatic carbocycles. The first-order chi connectivity index (χ1) is 8.39. The molecule has 1 N–H and O–H groups in total. The van der Waals surface area contributed by atoms with Gasteiger partial charge in [0.1, 0.15) is 0 Å². The largest absolute Gasteiger partial charge is 0.393 e. The molecule has 100 valence electrons. The molecule has 0 aromatic heterocycles. The lowest BCUT2D eigenvalue weighted by molar-refractivity contribution is 0.148. The van der Waals surface area contributed by atoms with Crippen LogP contribution in [0.3, 0.4) is 0 Å². The van der Waals surface area contributed by atoms with Crippen LogP contribution in [0.4, 0.5) is 0 Å². The number of aliphatic hydroxyl groups is 1. The van der Waals surface area contributed by atoms with E-state index in [-0.39, 0.29) is 6.10 Å². The first-order valence-corrected chi connectivity index (χ1v) is 7.72. The quantitative estimate of drug-likeness (QED) is 0.590. The second-order valence-corrected chi connectivity index (χ2v) is 5.46. The Labute approximate surface area is 107 Å². The average Bonchev–Trinajstić information content (AvgIpc) is 2.32. The van der Waals surface area contributed by atoms with Gasteiger partial charge in [-0.25, -0.2) is 0 Å². The molecule has 0 aromatic carbocycles. The Morgan fingerprint density at radius 1 is 0.588 bits per heavy atom. The molecule has 1 unspecified atom stereocenters. The van der Waals surface area contributed by atoms with Crippen LogP contribution in [0.5, 0.6) is 0 Å². The molecule has 0 fully saturated rings. The summed E-state index contributed by atoms with van der Waals surface area (Å²) in [5, 5.41) is 9.80. The van der Waals surface area contributed by atoms with E-state index < -0.39 is 0 Å². The number of hydrogen-bond acceptors (Lipinski definition) is 1. The van der Waals surface area contributed by atoms with Gasteiger partial charge in [0, 0.05) is 0 Å². The predicted molar refractivity (Wildman–Crippen MR) is 75.2 cm³/mol. The SMILES string of the molecule is OC1CCCC=CCCCCCCCCCC1. The third-order valence-electron chi connectivity index (χ3n) is 3.73. The number of hydrogen-bond donors (Lipinski definition) is 1. The van der Waals surface area contributed by atoms with Crippen LogP contribution in [0.1, 0.15) is 83.5 Å². The Balaban J connectivity index is 2.16. The van der Waals surface area contributed by atoms with E-state index in [0.29, 0.717) is 0 Å². The maximum Gasteiger partial charge on any atom is 0.0540 e. The summed E-state index contributed by atoms with van der Waals surface area (Å²) in [5.41, 5.74) is 0. The first-order valence-electron chi connectivity index (χ1n) is 7.72. The van der Waals surface area contributed by atoms with E-state index >= 15 is 0 Å². The summed E-state index contributed by atoms with van der Waals surface area (Å²) in [6.45, 7) is 0. The van der Waals surface area contributed by atoms with Crippen molar-refractivity contribution in [2.24, 2.45) is 0 Å². The van der Waals surface area contributed by atoms with E-state index in [1.54, 1.807) is 0 Å². The van der Waals surface area contributed by atoms with Gasteiger partial charge >= 0.3 is 0 Å². The van der Waals surface area contributed by atoms with E-state index in [1.807, 2.05) is 0 Å². The van der Waals surface area contributed by atoms with Crippen LogP contribution in [0.2, 0.25) is 0 Å². The minimum Gasteiger partial charge on any atom is -0.393 e. The van der Waals surface area contributed by atoms with Crippen LogP contribution in [-0.4, -0.2) is 11.2 Å². The molecule has 1 aliphatic rings. The van der Waals surface area contributed by atoms with E-state index in [9.17, 15) is 5.11 Å². The molecule has 1 heteroatoms. The molecule has 0 aromatic rings. The highest BCUT2D eigenvalue weighted by atomic mass is 16.3. The van der Waals surface area contributed by atoms with Crippen molar-refractivity contribution in [1.82, 2.24) is 0 Å². The van der Waals surface area contributed by atoms with Gasteiger partial charge < -0.3 is 5.11 Å². The van der Waals surface area contributed by atoms with Gasteiger partial charge in [-0.3, -0.25) is 0 Å². The fourth-order valence-electron chi connectivity index (χ4n) is 2.55. The van der Waals surface area contributed by atoms with Crippen molar-refractivity contribution in [1.29, 1.82) is 0 Å². The zero-order chi connectivity index (χ0) is 12.2. The van der Waals surface area contributed by atoms with Crippen molar-refractivity contribution in [3.8, 4) is 0 Å². The van der Waals surface area contributed by atoms with Gasteiger partial charge in [-0.1, -0.05) is 57.1 Å². The second kappa shape index (κ2) is 10.8. The molecule has 0 saturated heterocycles. The molecule has 0 amide bonds. The van der Waals surface area contributed by atoms with Gasteiger partial charge in [-0.15, -0.1) is 0 Å². The highest BCUT2D eigenvalue weighted by molar-refractivity contribution is 4.81. The Hall–Kier alpha value is -0.300. The third-order valence-corrected chi connectivity index (χ3v) is 3.73. The van der Waals surface area contributed by atoms with E-state index in [1.165, 1.54) is 57.8 Å². The second-order valence-electron chi connectivity index (χ2n) is 5.46. The summed E-state index contributed by atoms with van der Waals surface area (Å²) >= 11 is 0. The molecule has 17 heavy (non-hydrogen) atoms. The minimum atomic E-state index is -0.0451. The van der Waals surface area contributed by atoms with Gasteiger partial charge in [0.2, 0.25) is 0 Å². The Morgan fingerprint density at radius 3 is 1.76 bits per heavy atom. The molecular formula is C16H30O. The predicted octanol–water partition coefficient (Wildman–Crippen LogP) is 4.99. The molecular weight excluding hydrogens is 208 g/mol. The lowest BCUT2D eigenvalue weighted by atomic mass is 10.0. The molecule has 0 bridgehead atoms. The zero-order valence-corrected chi connectivity index (χ0v) is 11.4. The van der Waals surface area contributed by atoms with Crippen LogP contribution in [0, 0.1) is 0 Å². The van der Waals surface area contributed by atoms with Crippen LogP contribution < -0.4 is 0 Å². The maximum absolute atomic E-state index is 9.80. The summed E-state index contributed by atoms with van der Waals surface area (Å²) in [6.07, 6.45) is 21.0. The highest BCUT2D eigenvalue weighted by Crippen LogP contribution is 2.14. The summed E-state index contributed by atoms with van der Waals surface area (Å²) in [4.78, 5) is 0. The third kappa shape index (κ3) is 9.41. The minimum absolute atomic E-state index is 0.0451. The topological polar surface area (TPSA) is 20.2 Å². The number of aliphatic hydroxyl groups excluding tert-OH is 1. The monoisotopic (exact) mass is 238 g/mol. The maximum atomic E-state index is 9.80. The van der Waals surface area contributed by atoms with Crippen LogP contribution >= 0.6 is 0 Å². The van der Waals surface area contributed by atoms with Crippen LogP contribution in [0.25, 0.3) is 0 Å². The standard InChI is InChI=1S/C16H30O/c17-16-14-12-10-8-6-4-2-1-3-5-7-9-11-13-15-16/h6,8,16-17H,1-5,7,9-15H2. The number of rotatable bonds is 0. The van der Waals surface area contributed by atoms with Crippen LogP contribution in [0.15, 0.2) is 12.2 Å². The lowest BCUT2D eigenvalue weighted by Crippen LogP contribution is -2.05. The molecule has 1 rings (SSSR count). The highest BCUT2D eigenvalue weighted by Gasteiger charge is 2.03. The van der Waals surface area contributed by atoms with Crippen LogP contribution in [-0.2, 0) is 0 Å². The molecule has 0 aliphatic heterocycles. The van der Waals surface area contributed by atoms with E-state index in [0.717, 1.165) is 25.7 Å². The van der Waals surface area contributed by atoms with Crippen molar-refractivity contribution in [3.63, 3.8) is 0 Å². The molecule has 0 spiro atoms. The van der Waals surface area contributed by atoms with Gasteiger partial charge in [0.15, 0.2) is 0 Å². The average molecular weight is 238 g/mol. The van der Waals surface area contributed by atoms with Crippen molar-refractivity contribution in [2.45, 2.75) is 89.6 Å². The molecule has 0 saturated carbocycles. The summed E-state index contributed by atoms with van der Waals surface area (Å²) < 4.78 is 0. The Bertz CT molecular complexity index is 186. The fraction of sp³-hybridized carbons (Fsp3) is 0.875.